The Labute approximate surface area is 183 Å². The fraction of sp³-hybridized carbons (Fsp3) is 0.261. The first kappa shape index (κ1) is 20.3. The van der Waals surface area contributed by atoms with E-state index >= 15 is 0 Å². The van der Waals surface area contributed by atoms with Gasteiger partial charge in [-0.2, -0.15) is 4.98 Å². The summed E-state index contributed by atoms with van der Waals surface area (Å²) in [7, 11) is 0. The number of rotatable bonds is 3. The van der Waals surface area contributed by atoms with E-state index in [1.54, 1.807) is 12.4 Å². The SMILES string of the molecule is Cc1cc([C@H]2CN(c3nc(-c4ccc(F)cc4F)c4ncc(C)nc4n3)CCO2)ccn1. The van der Waals surface area contributed by atoms with Gasteiger partial charge in [0, 0.05) is 36.3 Å². The second-order valence-electron chi connectivity index (χ2n) is 7.72. The molecule has 1 atom stereocenters. The molecule has 3 aromatic heterocycles. The van der Waals surface area contributed by atoms with Crippen LogP contribution in [-0.4, -0.2) is 44.6 Å². The lowest BCUT2D eigenvalue weighted by molar-refractivity contribution is 0.0391. The molecule has 0 aliphatic carbocycles. The summed E-state index contributed by atoms with van der Waals surface area (Å²) >= 11 is 0. The molecule has 7 nitrogen and oxygen atoms in total. The van der Waals surface area contributed by atoms with Gasteiger partial charge in [0.1, 0.15) is 28.9 Å². The zero-order chi connectivity index (χ0) is 22.2. The summed E-state index contributed by atoms with van der Waals surface area (Å²) in [6.07, 6.45) is 3.15. The topological polar surface area (TPSA) is 76.9 Å². The van der Waals surface area contributed by atoms with Gasteiger partial charge in [-0.25, -0.2) is 23.7 Å². The molecule has 0 bridgehead atoms. The van der Waals surface area contributed by atoms with Crippen LogP contribution in [-0.2, 0) is 4.74 Å². The van der Waals surface area contributed by atoms with Gasteiger partial charge < -0.3 is 9.64 Å². The molecule has 0 saturated carbocycles. The molecule has 9 heteroatoms. The van der Waals surface area contributed by atoms with E-state index in [2.05, 4.69) is 24.9 Å². The molecule has 1 saturated heterocycles. The van der Waals surface area contributed by atoms with Crippen LogP contribution in [0, 0.1) is 25.5 Å². The number of aryl methyl sites for hydroxylation is 2. The van der Waals surface area contributed by atoms with Crippen LogP contribution in [0.1, 0.15) is 23.1 Å². The Bertz CT molecular complexity index is 1320. The summed E-state index contributed by atoms with van der Waals surface area (Å²) in [5.41, 5.74) is 3.75. The van der Waals surface area contributed by atoms with Crippen molar-refractivity contribution in [1.29, 1.82) is 0 Å². The molecule has 1 aliphatic heterocycles. The number of anilines is 1. The minimum Gasteiger partial charge on any atom is -0.370 e. The lowest BCUT2D eigenvalue weighted by Crippen LogP contribution is -2.39. The Morgan fingerprint density at radius 2 is 1.88 bits per heavy atom. The Balaban J connectivity index is 1.59. The second kappa shape index (κ2) is 8.16. The molecule has 4 heterocycles. The van der Waals surface area contributed by atoms with E-state index in [9.17, 15) is 8.78 Å². The fourth-order valence-electron chi connectivity index (χ4n) is 3.79. The summed E-state index contributed by atoms with van der Waals surface area (Å²) in [5.74, 6) is -0.976. The van der Waals surface area contributed by atoms with E-state index in [4.69, 9.17) is 4.74 Å². The maximum atomic E-state index is 14.7. The van der Waals surface area contributed by atoms with Crippen LogP contribution < -0.4 is 4.90 Å². The van der Waals surface area contributed by atoms with E-state index in [1.807, 2.05) is 30.9 Å². The molecule has 32 heavy (non-hydrogen) atoms. The van der Waals surface area contributed by atoms with Crippen molar-refractivity contribution in [1.82, 2.24) is 24.9 Å². The van der Waals surface area contributed by atoms with Crippen LogP contribution in [0.2, 0.25) is 0 Å². The van der Waals surface area contributed by atoms with Gasteiger partial charge in [-0.3, -0.25) is 4.98 Å². The number of aromatic nitrogens is 5. The highest BCUT2D eigenvalue weighted by Gasteiger charge is 2.26. The van der Waals surface area contributed by atoms with Crippen molar-refractivity contribution in [2.75, 3.05) is 24.6 Å². The molecule has 4 aromatic rings. The quantitative estimate of drug-likeness (QED) is 0.483. The number of hydrogen-bond donors (Lipinski definition) is 0. The molecule has 5 rings (SSSR count). The van der Waals surface area contributed by atoms with Gasteiger partial charge in [0.2, 0.25) is 5.95 Å². The number of halogens is 2. The van der Waals surface area contributed by atoms with Crippen LogP contribution in [0.25, 0.3) is 22.4 Å². The Hall–Kier alpha value is -3.59. The number of morpholine rings is 1. The second-order valence-corrected chi connectivity index (χ2v) is 7.72. The Morgan fingerprint density at radius 1 is 1.00 bits per heavy atom. The van der Waals surface area contributed by atoms with Gasteiger partial charge in [0.15, 0.2) is 5.65 Å². The molecule has 0 spiro atoms. The van der Waals surface area contributed by atoms with Crippen LogP contribution in [0.15, 0.2) is 42.7 Å². The van der Waals surface area contributed by atoms with Crippen LogP contribution in [0.5, 0.6) is 0 Å². The molecule has 1 aliphatic rings. The van der Waals surface area contributed by atoms with Crippen molar-refractivity contribution in [3.05, 3.63) is 71.3 Å². The number of nitrogens with zero attached hydrogens (tertiary/aromatic N) is 6. The normalized spacial score (nSPS) is 16.5. The van der Waals surface area contributed by atoms with Crippen LogP contribution >= 0.6 is 0 Å². The molecule has 1 fully saturated rings. The number of pyridine rings is 1. The highest BCUT2D eigenvalue weighted by Crippen LogP contribution is 2.31. The maximum absolute atomic E-state index is 14.7. The molecule has 0 radical (unpaired) electrons. The molecule has 0 amide bonds. The molecular weight excluding hydrogens is 414 g/mol. The van der Waals surface area contributed by atoms with E-state index in [0.717, 1.165) is 17.3 Å². The Morgan fingerprint density at radius 3 is 2.69 bits per heavy atom. The van der Waals surface area contributed by atoms with Crippen molar-refractivity contribution >= 4 is 17.1 Å². The molecule has 1 aromatic carbocycles. The summed E-state index contributed by atoms with van der Waals surface area (Å²) in [4.78, 5) is 24.3. The molecule has 0 N–H and O–H groups in total. The first-order chi connectivity index (χ1) is 15.5. The smallest absolute Gasteiger partial charge is 0.228 e. The van der Waals surface area contributed by atoms with E-state index in [0.29, 0.717) is 42.5 Å². The number of fused-ring (bicyclic) bond motifs is 1. The fourth-order valence-corrected chi connectivity index (χ4v) is 3.79. The zero-order valence-electron chi connectivity index (χ0n) is 17.6. The van der Waals surface area contributed by atoms with Gasteiger partial charge in [0.05, 0.1) is 18.8 Å². The third-order valence-corrected chi connectivity index (χ3v) is 5.34. The molecule has 162 valence electrons. The highest BCUT2D eigenvalue weighted by atomic mass is 19.1. The van der Waals surface area contributed by atoms with E-state index in [-0.39, 0.29) is 17.4 Å². The lowest BCUT2D eigenvalue weighted by Gasteiger charge is -2.33. The maximum Gasteiger partial charge on any atom is 0.228 e. The van der Waals surface area contributed by atoms with Gasteiger partial charge in [-0.15, -0.1) is 0 Å². The van der Waals surface area contributed by atoms with Gasteiger partial charge >= 0.3 is 0 Å². The van der Waals surface area contributed by atoms with Crippen molar-refractivity contribution in [3.63, 3.8) is 0 Å². The standard InChI is InChI=1S/C23H20F2N6O/c1-13-9-15(5-6-26-13)19-12-31(7-8-32-19)23-29-20(17-4-3-16(24)10-18(17)25)21-22(30-23)28-14(2)11-27-21/h3-6,9-11,19H,7-8,12H2,1-2H3/t19-/m1/s1. The Kier molecular flexibility index (Phi) is 5.18. The van der Waals surface area contributed by atoms with Gasteiger partial charge in [-0.1, -0.05) is 0 Å². The van der Waals surface area contributed by atoms with E-state index in [1.165, 1.54) is 12.1 Å². The summed E-state index contributed by atoms with van der Waals surface area (Å²) in [6, 6.07) is 7.31. The molecular formula is C23H20F2N6O. The zero-order valence-corrected chi connectivity index (χ0v) is 17.6. The average molecular weight is 434 g/mol. The van der Waals surface area contributed by atoms with E-state index < -0.39 is 11.6 Å². The average Bonchev–Trinajstić information content (AvgIpc) is 2.78. The summed E-state index contributed by atoms with van der Waals surface area (Å²) in [5, 5.41) is 0. The highest BCUT2D eigenvalue weighted by molar-refractivity contribution is 5.88. The van der Waals surface area contributed by atoms with Crippen molar-refractivity contribution in [2.45, 2.75) is 20.0 Å². The third kappa shape index (κ3) is 3.87. The van der Waals surface area contributed by atoms with Gasteiger partial charge in [-0.05, 0) is 43.7 Å². The lowest BCUT2D eigenvalue weighted by atomic mass is 10.1. The van der Waals surface area contributed by atoms with Crippen molar-refractivity contribution in [2.24, 2.45) is 0 Å². The van der Waals surface area contributed by atoms with Crippen molar-refractivity contribution < 1.29 is 13.5 Å². The predicted molar refractivity (Wildman–Crippen MR) is 115 cm³/mol. The largest absolute Gasteiger partial charge is 0.370 e. The number of hydrogen-bond acceptors (Lipinski definition) is 7. The summed E-state index contributed by atoms with van der Waals surface area (Å²) in [6.45, 7) is 5.30. The van der Waals surface area contributed by atoms with Crippen LogP contribution in [0.4, 0.5) is 14.7 Å². The predicted octanol–water partition coefficient (Wildman–Crippen LogP) is 3.95. The number of benzene rings is 1. The minimum absolute atomic E-state index is 0.146. The molecule has 0 unspecified atom stereocenters. The minimum atomic E-state index is -0.717. The van der Waals surface area contributed by atoms with Crippen LogP contribution in [0.3, 0.4) is 0 Å². The monoisotopic (exact) mass is 434 g/mol. The van der Waals surface area contributed by atoms with Crippen molar-refractivity contribution in [3.8, 4) is 11.3 Å². The number of ether oxygens (including phenoxy) is 1. The summed E-state index contributed by atoms with van der Waals surface area (Å²) < 4.78 is 34.1. The third-order valence-electron chi connectivity index (χ3n) is 5.34. The first-order valence-electron chi connectivity index (χ1n) is 10.2. The van der Waals surface area contributed by atoms with Gasteiger partial charge in [0.25, 0.3) is 0 Å². The first-order valence-corrected chi connectivity index (χ1v) is 10.2.